The van der Waals surface area contributed by atoms with Crippen molar-refractivity contribution in [1.82, 2.24) is 0 Å². The fraction of sp³-hybridized carbons (Fsp3) is 0.0769. The molecule has 100 valence electrons. The number of phenolic OH excluding ortho intramolecular Hbond substituents is 2. The maximum Gasteiger partial charge on any atom is 0.133 e. The molecule has 0 atom stereocenters. The second-order valence-electron chi connectivity index (χ2n) is 3.97. The fourth-order valence-corrected chi connectivity index (χ4v) is 4.34. The van der Waals surface area contributed by atoms with Gasteiger partial charge in [-0.15, -0.1) is 0 Å². The number of halogens is 4. The molecule has 2 aromatic rings. The Hall–Kier alpha value is -0.0400. The van der Waals surface area contributed by atoms with Crippen LogP contribution >= 0.6 is 63.7 Å². The van der Waals surface area contributed by atoms with Crippen LogP contribution in [0.5, 0.6) is 11.5 Å². The van der Waals surface area contributed by atoms with Gasteiger partial charge < -0.3 is 10.2 Å². The van der Waals surface area contributed by atoms with Crippen LogP contribution in [-0.2, 0) is 6.42 Å². The highest BCUT2D eigenvalue weighted by molar-refractivity contribution is 9.11. The summed E-state index contributed by atoms with van der Waals surface area (Å²) in [5, 5.41) is 20.1. The highest BCUT2D eigenvalue weighted by Crippen LogP contribution is 2.37. The van der Waals surface area contributed by atoms with Crippen molar-refractivity contribution in [2.75, 3.05) is 0 Å². The average Bonchev–Trinajstić information content (AvgIpc) is 2.31. The summed E-state index contributed by atoms with van der Waals surface area (Å²) in [4.78, 5) is 0. The molecule has 0 saturated heterocycles. The average molecular weight is 516 g/mol. The lowest BCUT2D eigenvalue weighted by Gasteiger charge is -2.10. The molecule has 0 unspecified atom stereocenters. The van der Waals surface area contributed by atoms with Gasteiger partial charge in [-0.3, -0.25) is 0 Å². The van der Waals surface area contributed by atoms with Crippen LogP contribution in [0.25, 0.3) is 0 Å². The molecule has 0 radical (unpaired) electrons. The molecule has 2 rings (SSSR count). The minimum absolute atomic E-state index is 0.179. The van der Waals surface area contributed by atoms with Gasteiger partial charge in [0.1, 0.15) is 11.5 Å². The van der Waals surface area contributed by atoms with Gasteiger partial charge in [0.05, 0.1) is 8.95 Å². The summed E-state index contributed by atoms with van der Waals surface area (Å²) in [7, 11) is 0. The Bertz CT molecular complexity index is 586. The highest BCUT2D eigenvalue weighted by Gasteiger charge is 2.13. The van der Waals surface area contributed by atoms with Crippen molar-refractivity contribution in [3.63, 3.8) is 0 Å². The van der Waals surface area contributed by atoms with Crippen molar-refractivity contribution < 1.29 is 10.2 Å². The topological polar surface area (TPSA) is 40.5 Å². The van der Waals surface area contributed by atoms with E-state index in [2.05, 4.69) is 63.7 Å². The van der Waals surface area contributed by atoms with Crippen molar-refractivity contribution in [3.8, 4) is 11.5 Å². The lowest BCUT2D eigenvalue weighted by Crippen LogP contribution is -1.92. The van der Waals surface area contributed by atoms with Crippen LogP contribution in [0.2, 0.25) is 0 Å². The summed E-state index contributed by atoms with van der Waals surface area (Å²) in [6.07, 6.45) is 0.424. The van der Waals surface area contributed by atoms with Crippen LogP contribution in [0, 0.1) is 0 Å². The third kappa shape index (κ3) is 3.54. The van der Waals surface area contributed by atoms with Crippen LogP contribution in [-0.4, -0.2) is 10.2 Å². The molecule has 0 heterocycles. The molecule has 0 aliphatic heterocycles. The number of rotatable bonds is 2. The summed E-state index contributed by atoms with van der Waals surface area (Å²) >= 11 is 13.4. The van der Waals surface area contributed by atoms with Gasteiger partial charge in [0.15, 0.2) is 0 Å². The Morgan fingerprint density at radius 2 is 1.05 bits per heavy atom. The first-order valence-corrected chi connectivity index (χ1v) is 8.39. The second-order valence-corrected chi connectivity index (χ2v) is 7.51. The molecule has 2 aromatic carbocycles. The summed E-state index contributed by atoms with van der Waals surface area (Å²) in [6, 6.07) is 7.20. The van der Waals surface area contributed by atoms with Gasteiger partial charge in [-0.05, 0) is 56.1 Å². The zero-order chi connectivity index (χ0) is 14.2. The van der Waals surface area contributed by atoms with E-state index < -0.39 is 0 Å². The van der Waals surface area contributed by atoms with E-state index in [1.165, 1.54) is 0 Å². The van der Waals surface area contributed by atoms with Gasteiger partial charge in [0.25, 0.3) is 0 Å². The number of hydrogen-bond acceptors (Lipinski definition) is 2. The van der Waals surface area contributed by atoms with Crippen molar-refractivity contribution in [1.29, 1.82) is 0 Å². The smallest absolute Gasteiger partial charge is 0.133 e. The van der Waals surface area contributed by atoms with Gasteiger partial charge in [-0.1, -0.05) is 31.9 Å². The monoisotopic (exact) mass is 512 g/mol. The summed E-state index contributed by atoms with van der Waals surface area (Å²) in [5.74, 6) is 0.359. The minimum atomic E-state index is 0.179. The number of hydrogen-bond donors (Lipinski definition) is 2. The molecule has 0 aromatic heterocycles. The first kappa shape index (κ1) is 15.4. The van der Waals surface area contributed by atoms with E-state index in [-0.39, 0.29) is 11.5 Å². The number of phenols is 2. The maximum absolute atomic E-state index is 10.0. The number of benzene rings is 2. The third-order valence-electron chi connectivity index (χ3n) is 2.60. The fourth-order valence-electron chi connectivity index (χ4n) is 1.71. The molecular formula is C13H8Br4O2. The Morgan fingerprint density at radius 3 is 1.42 bits per heavy atom. The predicted molar refractivity (Wildman–Crippen MR) is 89.8 cm³/mol. The first-order chi connectivity index (χ1) is 8.88. The van der Waals surface area contributed by atoms with Crippen molar-refractivity contribution in [3.05, 3.63) is 53.3 Å². The molecule has 0 aliphatic carbocycles. The van der Waals surface area contributed by atoms with Gasteiger partial charge in [-0.25, -0.2) is 0 Å². The van der Waals surface area contributed by atoms with Gasteiger partial charge in [-0.2, -0.15) is 0 Å². The molecule has 19 heavy (non-hydrogen) atoms. The first-order valence-electron chi connectivity index (χ1n) is 5.22. The normalized spacial score (nSPS) is 10.7. The largest absolute Gasteiger partial charge is 0.506 e. The van der Waals surface area contributed by atoms with Crippen LogP contribution in [0.15, 0.2) is 42.2 Å². The van der Waals surface area contributed by atoms with Crippen LogP contribution in [0.3, 0.4) is 0 Å². The zero-order valence-electron chi connectivity index (χ0n) is 9.42. The summed E-state index contributed by atoms with van der Waals surface area (Å²) in [6.45, 7) is 0. The summed E-state index contributed by atoms with van der Waals surface area (Å²) in [5.41, 5.74) is 1.45. The Kier molecular flexibility index (Phi) is 4.98. The van der Waals surface area contributed by atoms with Gasteiger partial charge in [0, 0.05) is 26.5 Å². The molecule has 0 aliphatic rings. The van der Waals surface area contributed by atoms with Gasteiger partial charge in [0.2, 0.25) is 0 Å². The van der Waals surface area contributed by atoms with Crippen LogP contribution < -0.4 is 0 Å². The molecule has 0 fully saturated rings. The SMILES string of the molecule is Oc1c(Br)cc(Br)cc1Cc1cc(Br)cc(Br)c1O. The maximum atomic E-state index is 10.0. The van der Waals surface area contributed by atoms with Gasteiger partial charge >= 0.3 is 0 Å². The van der Waals surface area contributed by atoms with Crippen LogP contribution in [0.1, 0.15) is 11.1 Å². The molecule has 0 bridgehead atoms. The molecule has 0 saturated carbocycles. The predicted octanol–water partition coefficient (Wildman–Crippen LogP) is 5.74. The Labute approximate surface area is 144 Å². The lowest BCUT2D eigenvalue weighted by molar-refractivity contribution is 0.459. The molecular weight excluding hydrogens is 508 g/mol. The molecule has 0 spiro atoms. The van der Waals surface area contributed by atoms with Crippen molar-refractivity contribution >= 4 is 63.7 Å². The Morgan fingerprint density at radius 1 is 0.684 bits per heavy atom. The standard InChI is InChI=1S/C13H8Br4O2/c14-8-2-6(12(18)10(16)4-8)1-7-3-9(15)5-11(17)13(7)19/h2-5,18-19H,1H2. The van der Waals surface area contributed by atoms with E-state index in [1.807, 2.05) is 12.1 Å². The molecule has 2 N–H and O–H groups in total. The van der Waals surface area contributed by atoms with E-state index in [0.29, 0.717) is 15.4 Å². The zero-order valence-corrected chi connectivity index (χ0v) is 15.8. The van der Waals surface area contributed by atoms with E-state index in [9.17, 15) is 10.2 Å². The van der Waals surface area contributed by atoms with E-state index in [4.69, 9.17) is 0 Å². The molecule has 6 heteroatoms. The minimum Gasteiger partial charge on any atom is -0.506 e. The third-order valence-corrected chi connectivity index (χ3v) is 4.72. The molecule has 0 amide bonds. The van der Waals surface area contributed by atoms with Crippen molar-refractivity contribution in [2.45, 2.75) is 6.42 Å². The Balaban J connectivity index is 2.47. The van der Waals surface area contributed by atoms with E-state index >= 15 is 0 Å². The molecule has 2 nitrogen and oxygen atoms in total. The highest BCUT2D eigenvalue weighted by atomic mass is 79.9. The lowest BCUT2D eigenvalue weighted by atomic mass is 10.0. The summed E-state index contributed by atoms with van der Waals surface area (Å²) < 4.78 is 2.96. The van der Waals surface area contributed by atoms with E-state index in [1.54, 1.807) is 12.1 Å². The van der Waals surface area contributed by atoms with E-state index in [0.717, 1.165) is 20.1 Å². The quantitative estimate of drug-likeness (QED) is 0.536. The number of aromatic hydroxyl groups is 2. The second kappa shape index (κ2) is 6.16. The van der Waals surface area contributed by atoms with Crippen molar-refractivity contribution in [2.24, 2.45) is 0 Å². The van der Waals surface area contributed by atoms with Crippen LogP contribution in [0.4, 0.5) is 0 Å².